The molecule has 2 bridgehead atoms. The number of hydrogen-bond donors (Lipinski definition) is 0. The molecule has 1 saturated carbocycles. The predicted molar refractivity (Wildman–Crippen MR) is 48.4 cm³/mol. The standard InChI is InChI=1S/C11H18/c1-8-4-5-10-6-9(8)7-11(10,2)3/h4,9-10H,5-7H2,1-3H3. The van der Waals surface area contributed by atoms with Gasteiger partial charge < -0.3 is 0 Å². The Bertz CT molecular complexity index is 198. The van der Waals surface area contributed by atoms with E-state index in [1.807, 2.05) is 0 Å². The molecule has 0 nitrogen and oxygen atoms in total. The molecule has 0 aromatic heterocycles. The van der Waals surface area contributed by atoms with Gasteiger partial charge in [0, 0.05) is 0 Å². The Morgan fingerprint density at radius 3 is 2.82 bits per heavy atom. The molecular weight excluding hydrogens is 132 g/mol. The van der Waals surface area contributed by atoms with E-state index in [1.54, 1.807) is 5.57 Å². The molecule has 0 saturated heterocycles. The third-order valence-electron chi connectivity index (χ3n) is 3.82. The fraction of sp³-hybridized carbons (Fsp3) is 0.818. The lowest BCUT2D eigenvalue weighted by Gasteiger charge is -2.25. The first-order valence-corrected chi connectivity index (χ1v) is 4.76. The van der Waals surface area contributed by atoms with E-state index in [0.717, 1.165) is 11.8 Å². The molecule has 0 N–H and O–H groups in total. The van der Waals surface area contributed by atoms with Crippen molar-refractivity contribution in [2.24, 2.45) is 17.3 Å². The van der Waals surface area contributed by atoms with Crippen molar-refractivity contribution in [2.75, 3.05) is 0 Å². The van der Waals surface area contributed by atoms with Gasteiger partial charge in [0.1, 0.15) is 0 Å². The molecule has 1 fully saturated rings. The van der Waals surface area contributed by atoms with E-state index >= 15 is 0 Å². The zero-order valence-electron chi connectivity index (χ0n) is 7.85. The van der Waals surface area contributed by atoms with Crippen molar-refractivity contribution >= 4 is 0 Å². The van der Waals surface area contributed by atoms with Gasteiger partial charge in [0.25, 0.3) is 0 Å². The van der Waals surface area contributed by atoms with E-state index in [4.69, 9.17) is 0 Å². The highest BCUT2D eigenvalue weighted by atomic mass is 14.5. The molecule has 2 aliphatic rings. The van der Waals surface area contributed by atoms with Crippen molar-refractivity contribution in [3.05, 3.63) is 11.6 Å². The number of fused-ring (bicyclic) bond motifs is 2. The number of rotatable bonds is 0. The van der Waals surface area contributed by atoms with Crippen molar-refractivity contribution in [1.29, 1.82) is 0 Å². The summed E-state index contributed by atoms with van der Waals surface area (Å²) in [5, 5.41) is 0. The average molecular weight is 150 g/mol. The van der Waals surface area contributed by atoms with Crippen LogP contribution in [0.3, 0.4) is 0 Å². The molecule has 0 aromatic rings. The van der Waals surface area contributed by atoms with Crippen LogP contribution in [-0.2, 0) is 0 Å². The quantitative estimate of drug-likeness (QED) is 0.464. The Morgan fingerprint density at radius 2 is 2.18 bits per heavy atom. The Kier molecular flexibility index (Phi) is 1.42. The van der Waals surface area contributed by atoms with E-state index in [0.29, 0.717) is 5.41 Å². The Hall–Kier alpha value is -0.260. The number of allylic oxidation sites excluding steroid dienone is 2. The summed E-state index contributed by atoms with van der Waals surface area (Å²) in [5.74, 6) is 1.92. The van der Waals surface area contributed by atoms with Gasteiger partial charge in [0.15, 0.2) is 0 Å². The Morgan fingerprint density at radius 1 is 1.45 bits per heavy atom. The zero-order chi connectivity index (χ0) is 8.06. The average Bonchev–Trinajstić information content (AvgIpc) is 2.16. The van der Waals surface area contributed by atoms with Gasteiger partial charge >= 0.3 is 0 Å². The van der Waals surface area contributed by atoms with Crippen LogP contribution in [0.4, 0.5) is 0 Å². The lowest BCUT2D eigenvalue weighted by Crippen LogP contribution is -2.16. The summed E-state index contributed by atoms with van der Waals surface area (Å²) in [5.41, 5.74) is 2.28. The fourth-order valence-corrected chi connectivity index (χ4v) is 2.80. The molecule has 2 atom stereocenters. The second-order valence-corrected chi connectivity index (χ2v) is 5.01. The highest BCUT2D eigenvalue weighted by molar-refractivity contribution is 5.15. The third kappa shape index (κ3) is 1.04. The lowest BCUT2D eigenvalue weighted by atomic mass is 9.80. The lowest BCUT2D eigenvalue weighted by molar-refractivity contribution is 0.263. The first kappa shape index (κ1) is 7.39. The second kappa shape index (κ2) is 2.12. The largest absolute Gasteiger partial charge is 0.0850 e. The molecular formula is C11H18. The van der Waals surface area contributed by atoms with Crippen molar-refractivity contribution < 1.29 is 0 Å². The van der Waals surface area contributed by atoms with E-state index < -0.39 is 0 Å². The summed E-state index contributed by atoms with van der Waals surface area (Å²) in [6.07, 6.45) is 6.71. The highest BCUT2D eigenvalue weighted by Crippen LogP contribution is 2.52. The smallest absolute Gasteiger partial charge is 0.0198 e. The fourth-order valence-electron chi connectivity index (χ4n) is 2.80. The molecule has 62 valence electrons. The van der Waals surface area contributed by atoms with Crippen LogP contribution in [0.2, 0.25) is 0 Å². The SMILES string of the molecule is CC1=CCC2CC1CC2(C)C. The molecule has 0 aliphatic heterocycles. The first-order valence-electron chi connectivity index (χ1n) is 4.76. The van der Waals surface area contributed by atoms with Gasteiger partial charge in [-0.15, -0.1) is 0 Å². The maximum absolute atomic E-state index is 2.47. The van der Waals surface area contributed by atoms with E-state index in [9.17, 15) is 0 Å². The topological polar surface area (TPSA) is 0 Å². The summed E-state index contributed by atoms with van der Waals surface area (Å²) in [7, 11) is 0. The van der Waals surface area contributed by atoms with E-state index in [2.05, 4.69) is 26.8 Å². The van der Waals surface area contributed by atoms with Crippen LogP contribution in [0.25, 0.3) is 0 Å². The molecule has 0 amide bonds. The summed E-state index contributed by atoms with van der Waals surface area (Å²) in [6, 6.07) is 0. The van der Waals surface area contributed by atoms with Gasteiger partial charge in [-0.3, -0.25) is 0 Å². The zero-order valence-corrected chi connectivity index (χ0v) is 7.85. The van der Waals surface area contributed by atoms with Gasteiger partial charge in [-0.1, -0.05) is 25.5 Å². The van der Waals surface area contributed by atoms with Crippen LogP contribution in [-0.4, -0.2) is 0 Å². The highest BCUT2D eigenvalue weighted by Gasteiger charge is 2.42. The van der Waals surface area contributed by atoms with Gasteiger partial charge in [0.05, 0.1) is 0 Å². The van der Waals surface area contributed by atoms with Crippen LogP contribution in [0.15, 0.2) is 11.6 Å². The molecule has 0 aromatic carbocycles. The molecule has 0 heteroatoms. The molecule has 0 spiro atoms. The molecule has 2 aliphatic carbocycles. The van der Waals surface area contributed by atoms with Gasteiger partial charge in [-0.05, 0) is 43.4 Å². The molecule has 2 unspecified atom stereocenters. The van der Waals surface area contributed by atoms with Gasteiger partial charge in [-0.2, -0.15) is 0 Å². The summed E-state index contributed by atoms with van der Waals surface area (Å²) in [6.45, 7) is 7.18. The normalized spacial score (nSPS) is 40.5. The Balaban J connectivity index is 2.25. The maximum Gasteiger partial charge on any atom is -0.0198 e. The molecule has 11 heavy (non-hydrogen) atoms. The van der Waals surface area contributed by atoms with Crippen LogP contribution < -0.4 is 0 Å². The maximum atomic E-state index is 2.47. The molecule has 0 heterocycles. The summed E-state index contributed by atoms with van der Waals surface area (Å²) in [4.78, 5) is 0. The van der Waals surface area contributed by atoms with Crippen LogP contribution in [0.1, 0.15) is 40.0 Å². The minimum absolute atomic E-state index is 0.624. The Labute approximate surface area is 69.7 Å². The van der Waals surface area contributed by atoms with Crippen molar-refractivity contribution in [2.45, 2.75) is 40.0 Å². The van der Waals surface area contributed by atoms with Gasteiger partial charge in [0.2, 0.25) is 0 Å². The van der Waals surface area contributed by atoms with E-state index in [-0.39, 0.29) is 0 Å². The molecule has 2 rings (SSSR count). The number of hydrogen-bond acceptors (Lipinski definition) is 0. The predicted octanol–water partition coefficient (Wildman–Crippen LogP) is 3.39. The monoisotopic (exact) mass is 150 g/mol. The first-order chi connectivity index (χ1) is 5.09. The van der Waals surface area contributed by atoms with Crippen molar-refractivity contribution in [3.8, 4) is 0 Å². The van der Waals surface area contributed by atoms with E-state index in [1.165, 1.54) is 19.3 Å². The van der Waals surface area contributed by atoms with Gasteiger partial charge in [-0.25, -0.2) is 0 Å². The second-order valence-electron chi connectivity index (χ2n) is 5.01. The minimum atomic E-state index is 0.624. The third-order valence-corrected chi connectivity index (χ3v) is 3.82. The van der Waals surface area contributed by atoms with Crippen LogP contribution >= 0.6 is 0 Å². The minimum Gasteiger partial charge on any atom is -0.0850 e. The van der Waals surface area contributed by atoms with Crippen LogP contribution in [0.5, 0.6) is 0 Å². The summed E-state index contributed by atoms with van der Waals surface area (Å²) >= 11 is 0. The summed E-state index contributed by atoms with van der Waals surface area (Å²) < 4.78 is 0. The van der Waals surface area contributed by atoms with Crippen molar-refractivity contribution in [1.82, 2.24) is 0 Å². The van der Waals surface area contributed by atoms with Crippen molar-refractivity contribution in [3.63, 3.8) is 0 Å². The molecule has 0 radical (unpaired) electrons. The van der Waals surface area contributed by atoms with Crippen LogP contribution in [0, 0.1) is 17.3 Å².